The number of benzene rings is 1. The average molecular weight is 249 g/mol. The number of hydrogen-bond acceptors (Lipinski definition) is 3. The first-order chi connectivity index (χ1) is 8.66. The fourth-order valence-corrected chi connectivity index (χ4v) is 2.78. The minimum Gasteiger partial charge on any atom is -0.508 e. The molecule has 1 aliphatic carbocycles. The summed E-state index contributed by atoms with van der Waals surface area (Å²) < 4.78 is 0. The molecule has 0 radical (unpaired) electrons. The fourth-order valence-electron chi connectivity index (χ4n) is 2.78. The number of nitrogens with one attached hydrogen (secondary N) is 1. The van der Waals surface area contributed by atoms with Gasteiger partial charge in [0.15, 0.2) is 0 Å². The first-order valence-electron chi connectivity index (χ1n) is 6.95. The van der Waals surface area contributed by atoms with Crippen LogP contribution in [0.1, 0.15) is 57.1 Å². The first-order valence-corrected chi connectivity index (χ1v) is 6.95. The number of phenolic OH excluding ortho intramolecular Hbond substituents is 2. The van der Waals surface area contributed by atoms with E-state index in [0.717, 1.165) is 5.56 Å². The molecule has 18 heavy (non-hydrogen) atoms. The molecule has 0 saturated heterocycles. The second kappa shape index (κ2) is 6.10. The summed E-state index contributed by atoms with van der Waals surface area (Å²) in [5, 5.41) is 22.9. The molecule has 100 valence electrons. The fraction of sp³-hybridized carbons (Fsp3) is 0.600. The third-order valence-corrected chi connectivity index (χ3v) is 3.82. The lowest BCUT2D eigenvalue weighted by Crippen LogP contribution is -2.31. The quantitative estimate of drug-likeness (QED) is 0.568. The van der Waals surface area contributed by atoms with Gasteiger partial charge in [0.1, 0.15) is 11.5 Å². The zero-order valence-electron chi connectivity index (χ0n) is 11.0. The standard InChI is InChI=1S/C15H23NO2/c1-11(14-10-13(17)8-9-15(14)18)16-12-6-4-2-3-5-7-12/h8-12,16-18H,2-7H2,1H3. The van der Waals surface area contributed by atoms with E-state index in [1.165, 1.54) is 44.6 Å². The van der Waals surface area contributed by atoms with Crippen molar-refractivity contribution in [3.63, 3.8) is 0 Å². The molecule has 3 nitrogen and oxygen atoms in total. The van der Waals surface area contributed by atoms with Gasteiger partial charge in [-0.25, -0.2) is 0 Å². The molecule has 1 saturated carbocycles. The van der Waals surface area contributed by atoms with E-state index in [9.17, 15) is 10.2 Å². The Hall–Kier alpha value is -1.22. The highest BCUT2D eigenvalue weighted by molar-refractivity contribution is 5.40. The van der Waals surface area contributed by atoms with Crippen LogP contribution < -0.4 is 5.32 Å². The van der Waals surface area contributed by atoms with Crippen LogP contribution in [0.4, 0.5) is 0 Å². The first kappa shape index (κ1) is 13.2. The smallest absolute Gasteiger partial charge is 0.120 e. The van der Waals surface area contributed by atoms with Crippen LogP contribution in [0.3, 0.4) is 0 Å². The molecule has 0 aromatic heterocycles. The Balaban J connectivity index is 2.01. The molecule has 1 aromatic carbocycles. The zero-order chi connectivity index (χ0) is 13.0. The Morgan fingerprint density at radius 2 is 1.78 bits per heavy atom. The van der Waals surface area contributed by atoms with Crippen molar-refractivity contribution in [3.05, 3.63) is 23.8 Å². The lowest BCUT2D eigenvalue weighted by Gasteiger charge is -2.23. The van der Waals surface area contributed by atoms with Gasteiger partial charge in [-0.3, -0.25) is 0 Å². The summed E-state index contributed by atoms with van der Waals surface area (Å²) in [4.78, 5) is 0. The second-order valence-electron chi connectivity index (χ2n) is 5.32. The van der Waals surface area contributed by atoms with Gasteiger partial charge in [-0.2, -0.15) is 0 Å². The van der Waals surface area contributed by atoms with Crippen molar-refractivity contribution in [3.8, 4) is 11.5 Å². The van der Waals surface area contributed by atoms with Crippen molar-refractivity contribution < 1.29 is 10.2 Å². The summed E-state index contributed by atoms with van der Waals surface area (Å²) in [6, 6.07) is 5.31. The van der Waals surface area contributed by atoms with Crippen LogP contribution in [0.2, 0.25) is 0 Å². The van der Waals surface area contributed by atoms with Crippen LogP contribution in [-0.4, -0.2) is 16.3 Å². The topological polar surface area (TPSA) is 52.5 Å². The van der Waals surface area contributed by atoms with Gasteiger partial charge in [-0.15, -0.1) is 0 Å². The minimum atomic E-state index is 0.0696. The van der Waals surface area contributed by atoms with E-state index in [2.05, 4.69) is 5.32 Å². The van der Waals surface area contributed by atoms with E-state index >= 15 is 0 Å². The Kier molecular flexibility index (Phi) is 4.48. The van der Waals surface area contributed by atoms with E-state index in [0.29, 0.717) is 6.04 Å². The van der Waals surface area contributed by atoms with Crippen LogP contribution in [-0.2, 0) is 0 Å². The summed E-state index contributed by atoms with van der Waals surface area (Å²) in [6.45, 7) is 2.04. The Morgan fingerprint density at radius 1 is 1.11 bits per heavy atom. The lowest BCUT2D eigenvalue weighted by molar-refractivity contribution is 0.395. The molecular formula is C15H23NO2. The minimum absolute atomic E-state index is 0.0696. The SMILES string of the molecule is CC(NC1CCCCCC1)c1cc(O)ccc1O. The molecule has 1 atom stereocenters. The normalized spacial score (nSPS) is 19.4. The molecule has 0 heterocycles. The molecule has 1 aromatic rings. The molecule has 1 aliphatic rings. The molecule has 0 bridgehead atoms. The largest absolute Gasteiger partial charge is 0.508 e. The van der Waals surface area contributed by atoms with Crippen LogP contribution in [0.15, 0.2) is 18.2 Å². The third kappa shape index (κ3) is 3.39. The van der Waals surface area contributed by atoms with E-state index in [1.54, 1.807) is 12.1 Å². The van der Waals surface area contributed by atoms with E-state index in [1.807, 2.05) is 6.92 Å². The highest BCUT2D eigenvalue weighted by atomic mass is 16.3. The molecule has 3 heteroatoms. The van der Waals surface area contributed by atoms with E-state index in [-0.39, 0.29) is 17.5 Å². The van der Waals surface area contributed by atoms with Crippen molar-refractivity contribution in [1.82, 2.24) is 5.32 Å². The van der Waals surface area contributed by atoms with Crippen LogP contribution >= 0.6 is 0 Å². The van der Waals surface area contributed by atoms with Crippen LogP contribution in [0.25, 0.3) is 0 Å². The molecule has 0 spiro atoms. The van der Waals surface area contributed by atoms with E-state index < -0.39 is 0 Å². The number of aromatic hydroxyl groups is 2. The lowest BCUT2D eigenvalue weighted by atomic mass is 10.0. The van der Waals surface area contributed by atoms with Gasteiger partial charge >= 0.3 is 0 Å². The predicted octanol–water partition coefficient (Wildman–Crippen LogP) is 3.47. The summed E-state index contributed by atoms with van der Waals surface area (Å²) in [5.74, 6) is 0.457. The maximum atomic E-state index is 9.84. The van der Waals surface area contributed by atoms with Crippen molar-refractivity contribution in [2.24, 2.45) is 0 Å². The van der Waals surface area contributed by atoms with Crippen LogP contribution in [0.5, 0.6) is 11.5 Å². The Labute approximate surface area is 109 Å². The van der Waals surface area contributed by atoms with Gasteiger partial charge < -0.3 is 15.5 Å². The number of rotatable bonds is 3. The van der Waals surface area contributed by atoms with Gasteiger partial charge in [-0.05, 0) is 38.0 Å². The molecule has 2 rings (SSSR count). The molecular weight excluding hydrogens is 226 g/mol. The van der Waals surface area contributed by atoms with Crippen molar-refractivity contribution >= 4 is 0 Å². The van der Waals surface area contributed by atoms with Crippen molar-refractivity contribution in [2.45, 2.75) is 57.5 Å². The highest BCUT2D eigenvalue weighted by Crippen LogP contribution is 2.29. The molecule has 3 N–H and O–H groups in total. The Morgan fingerprint density at radius 3 is 2.44 bits per heavy atom. The average Bonchev–Trinajstić information content (AvgIpc) is 2.61. The van der Waals surface area contributed by atoms with Gasteiger partial charge in [0.25, 0.3) is 0 Å². The van der Waals surface area contributed by atoms with Gasteiger partial charge in [-0.1, -0.05) is 25.7 Å². The number of hydrogen-bond donors (Lipinski definition) is 3. The van der Waals surface area contributed by atoms with Crippen LogP contribution in [0, 0.1) is 0 Å². The maximum absolute atomic E-state index is 9.84. The van der Waals surface area contributed by atoms with Gasteiger partial charge in [0, 0.05) is 17.6 Å². The summed E-state index contributed by atoms with van der Waals surface area (Å²) >= 11 is 0. The zero-order valence-corrected chi connectivity index (χ0v) is 11.0. The second-order valence-corrected chi connectivity index (χ2v) is 5.32. The number of phenols is 2. The molecule has 0 amide bonds. The third-order valence-electron chi connectivity index (χ3n) is 3.82. The Bertz CT molecular complexity index is 384. The van der Waals surface area contributed by atoms with Crippen molar-refractivity contribution in [1.29, 1.82) is 0 Å². The molecule has 0 aliphatic heterocycles. The summed E-state index contributed by atoms with van der Waals surface area (Å²) in [6.07, 6.45) is 7.68. The highest BCUT2D eigenvalue weighted by Gasteiger charge is 2.17. The monoisotopic (exact) mass is 249 g/mol. The van der Waals surface area contributed by atoms with Gasteiger partial charge in [0.05, 0.1) is 0 Å². The summed E-state index contributed by atoms with van der Waals surface area (Å²) in [7, 11) is 0. The predicted molar refractivity (Wildman–Crippen MR) is 72.8 cm³/mol. The van der Waals surface area contributed by atoms with Gasteiger partial charge in [0.2, 0.25) is 0 Å². The molecule has 1 fully saturated rings. The molecule has 1 unspecified atom stereocenters. The maximum Gasteiger partial charge on any atom is 0.120 e. The summed E-state index contributed by atoms with van der Waals surface area (Å²) in [5.41, 5.74) is 0.777. The van der Waals surface area contributed by atoms with E-state index in [4.69, 9.17) is 0 Å². The van der Waals surface area contributed by atoms with Crippen molar-refractivity contribution in [2.75, 3.05) is 0 Å².